The molecule has 1 amide bonds. The molecule has 0 aromatic heterocycles. The minimum Gasteiger partial charge on any atom is -0.368 e. The van der Waals surface area contributed by atoms with Gasteiger partial charge in [-0.3, -0.25) is 4.79 Å². The van der Waals surface area contributed by atoms with E-state index in [9.17, 15) is 4.79 Å². The standard InChI is InChI=1S/C7H14N2O/c1-5-3-2-4-7(5,9)6(8)10/h5H,2-4,9H2,1H3,(H2,8,10)/t5-,7+/m1/s1. The molecule has 0 bridgehead atoms. The smallest absolute Gasteiger partial charge is 0.237 e. The van der Waals surface area contributed by atoms with Gasteiger partial charge >= 0.3 is 0 Å². The Hall–Kier alpha value is -0.570. The van der Waals surface area contributed by atoms with Gasteiger partial charge in [-0.05, 0) is 18.8 Å². The molecule has 0 spiro atoms. The van der Waals surface area contributed by atoms with Crippen LogP contribution in [0.15, 0.2) is 0 Å². The fourth-order valence-electron chi connectivity index (χ4n) is 1.57. The quantitative estimate of drug-likeness (QED) is 0.540. The van der Waals surface area contributed by atoms with Gasteiger partial charge in [0, 0.05) is 0 Å². The van der Waals surface area contributed by atoms with Gasteiger partial charge in [-0.2, -0.15) is 0 Å². The molecule has 1 rings (SSSR count). The molecular weight excluding hydrogens is 128 g/mol. The molecule has 3 nitrogen and oxygen atoms in total. The zero-order valence-electron chi connectivity index (χ0n) is 6.26. The van der Waals surface area contributed by atoms with Crippen LogP contribution in [0.3, 0.4) is 0 Å². The van der Waals surface area contributed by atoms with Gasteiger partial charge in [-0.25, -0.2) is 0 Å². The number of rotatable bonds is 1. The van der Waals surface area contributed by atoms with Gasteiger partial charge in [0.2, 0.25) is 5.91 Å². The van der Waals surface area contributed by atoms with E-state index in [4.69, 9.17) is 11.5 Å². The summed E-state index contributed by atoms with van der Waals surface area (Å²) in [6, 6.07) is 0. The number of hydrogen-bond donors (Lipinski definition) is 2. The summed E-state index contributed by atoms with van der Waals surface area (Å²) in [5.41, 5.74) is 10.2. The maximum atomic E-state index is 10.8. The lowest BCUT2D eigenvalue weighted by atomic mass is 9.89. The zero-order chi connectivity index (χ0) is 7.78. The first-order chi connectivity index (χ1) is 4.57. The lowest BCUT2D eigenvalue weighted by Crippen LogP contribution is -2.53. The molecular formula is C7H14N2O. The van der Waals surface area contributed by atoms with E-state index in [-0.39, 0.29) is 11.8 Å². The summed E-state index contributed by atoms with van der Waals surface area (Å²) in [5.74, 6) is -0.0949. The first kappa shape index (κ1) is 7.54. The predicted octanol–water partition coefficient (Wildman–Crippen LogP) is -0.0108. The van der Waals surface area contributed by atoms with Crippen LogP contribution in [-0.4, -0.2) is 11.4 Å². The van der Waals surface area contributed by atoms with Crippen LogP contribution in [0, 0.1) is 5.92 Å². The number of carbonyl (C=O) groups excluding carboxylic acids is 1. The Morgan fingerprint density at radius 3 is 2.50 bits per heavy atom. The molecule has 2 atom stereocenters. The second-order valence-corrected chi connectivity index (χ2v) is 3.20. The molecule has 0 aromatic rings. The van der Waals surface area contributed by atoms with Gasteiger partial charge in [0.1, 0.15) is 0 Å². The van der Waals surface area contributed by atoms with E-state index in [1.54, 1.807) is 0 Å². The molecule has 1 aliphatic rings. The third kappa shape index (κ3) is 0.904. The predicted molar refractivity (Wildman–Crippen MR) is 39.1 cm³/mol. The summed E-state index contributed by atoms with van der Waals surface area (Å²) in [4.78, 5) is 10.8. The Balaban J connectivity index is 2.75. The Morgan fingerprint density at radius 1 is 1.70 bits per heavy atom. The van der Waals surface area contributed by atoms with Gasteiger partial charge in [0.25, 0.3) is 0 Å². The van der Waals surface area contributed by atoms with Crippen molar-refractivity contribution in [3.05, 3.63) is 0 Å². The van der Waals surface area contributed by atoms with E-state index in [1.165, 1.54) is 0 Å². The van der Waals surface area contributed by atoms with Crippen molar-refractivity contribution >= 4 is 5.91 Å². The molecule has 0 unspecified atom stereocenters. The van der Waals surface area contributed by atoms with E-state index < -0.39 is 5.54 Å². The van der Waals surface area contributed by atoms with Crippen LogP contribution < -0.4 is 11.5 Å². The molecule has 3 heteroatoms. The third-order valence-corrected chi connectivity index (χ3v) is 2.57. The number of amides is 1. The molecule has 1 aliphatic carbocycles. The number of primary amides is 1. The largest absolute Gasteiger partial charge is 0.368 e. The van der Waals surface area contributed by atoms with Crippen molar-refractivity contribution < 1.29 is 4.79 Å². The highest BCUT2D eigenvalue weighted by atomic mass is 16.1. The Morgan fingerprint density at radius 2 is 2.30 bits per heavy atom. The first-order valence-corrected chi connectivity index (χ1v) is 3.66. The fourth-order valence-corrected chi connectivity index (χ4v) is 1.57. The summed E-state index contributed by atoms with van der Waals surface area (Å²) in [6.45, 7) is 1.98. The summed E-state index contributed by atoms with van der Waals surface area (Å²) >= 11 is 0. The molecule has 1 saturated carbocycles. The van der Waals surface area contributed by atoms with Gasteiger partial charge in [-0.15, -0.1) is 0 Å². The first-order valence-electron chi connectivity index (χ1n) is 3.66. The highest BCUT2D eigenvalue weighted by Gasteiger charge is 2.41. The third-order valence-electron chi connectivity index (χ3n) is 2.57. The zero-order valence-corrected chi connectivity index (χ0v) is 6.26. The molecule has 0 aliphatic heterocycles. The van der Waals surface area contributed by atoms with E-state index in [1.807, 2.05) is 6.92 Å². The Labute approximate surface area is 60.8 Å². The van der Waals surface area contributed by atoms with Crippen LogP contribution >= 0.6 is 0 Å². The topological polar surface area (TPSA) is 69.1 Å². The molecule has 0 heterocycles. The maximum absolute atomic E-state index is 10.8. The van der Waals surface area contributed by atoms with Crippen LogP contribution in [0.5, 0.6) is 0 Å². The van der Waals surface area contributed by atoms with Crippen molar-refractivity contribution in [1.82, 2.24) is 0 Å². The van der Waals surface area contributed by atoms with Gasteiger partial charge < -0.3 is 11.5 Å². The highest BCUT2D eigenvalue weighted by Crippen LogP contribution is 2.32. The second kappa shape index (κ2) is 2.23. The van der Waals surface area contributed by atoms with Gasteiger partial charge in [-0.1, -0.05) is 13.3 Å². The minimum absolute atomic E-state index is 0.255. The number of hydrogen-bond acceptors (Lipinski definition) is 2. The lowest BCUT2D eigenvalue weighted by molar-refractivity contribution is -0.124. The van der Waals surface area contributed by atoms with Crippen molar-refractivity contribution in [1.29, 1.82) is 0 Å². The SMILES string of the molecule is C[C@@H]1CCC[C@@]1(N)C(N)=O. The van der Waals surface area contributed by atoms with E-state index in [0.29, 0.717) is 0 Å². The van der Waals surface area contributed by atoms with Crippen molar-refractivity contribution in [2.45, 2.75) is 31.7 Å². The van der Waals surface area contributed by atoms with Crippen molar-refractivity contribution in [2.75, 3.05) is 0 Å². The van der Waals surface area contributed by atoms with Crippen LogP contribution in [0.4, 0.5) is 0 Å². The van der Waals surface area contributed by atoms with Crippen LogP contribution in [0.2, 0.25) is 0 Å². The van der Waals surface area contributed by atoms with Crippen LogP contribution in [0.25, 0.3) is 0 Å². The fraction of sp³-hybridized carbons (Fsp3) is 0.857. The van der Waals surface area contributed by atoms with Crippen molar-refractivity contribution in [3.63, 3.8) is 0 Å². The highest BCUT2D eigenvalue weighted by molar-refractivity contribution is 5.85. The summed E-state index contributed by atoms with van der Waals surface area (Å²) < 4.78 is 0. The van der Waals surface area contributed by atoms with E-state index >= 15 is 0 Å². The monoisotopic (exact) mass is 142 g/mol. The Bertz CT molecular complexity index is 158. The summed E-state index contributed by atoms with van der Waals surface area (Å²) in [7, 11) is 0. The number of carbonyl (C=O) groups is 1. The molecule has 0 radical (unpaired) electrons. The van der Waals surface area contributed by atoms with E-state index in [0.717, 1.165) is 19.3 Å². The molecule has 0 saturated heterocycles. The second-order valence-electron chi connectivity index (χ2n) is 3.20. The van der Waals surface area contributed by atoms with Crippen LogP contribution in [-0.2, 0) is 4.79 Å². The lowest BCUT2D eigenvalue weighted by Gasteiger charge is -2.24. The van der Waals surface area contributed by atoms with Crippen LogP contribution in [0.1, 0.15) is 26.2 Å². The summed E-state index contributed by atoms with van der Waals surface area (Å²) in [6.07, 6.45) is 2.81. The van der Waals surface area contributed by atoms with Gasteiger partial charge in [0.15, 0.2) is 0 Å². The molecule has 4 N–H and O–H groups in total. The van der Waals surface area contributed by atoms with Crippen molar-refractivity contribution in [3.8, 4) is 0 Å². The average Bonchev–Trinajstić information content (AvgIpc) is 2.15. The average molecular weight is 142 g/mol. The van der Waals surface area contributed by atoms with E-state index in [2.05, 4.69) is 0 Å². The minimum atomic E-state index is -0.708. The normalized spacial score (nSPS) is 40.0. The van der Waals surface area contributed by atoms with Crippen molar-refractivity contribution in [2.24, 2.45) is 17.4 Å². The summed E-state index contributed by atoms with van der Waals surface area (Å²) in [5, 5.41) is 0. The maximum Gasteiger partial charge on any atom is 0.237 e. The van der Waals surface area contributed by atoms with Gasteiger partial charge in [0.05, 0.1) is 5.54 Å². The Kier molecular flexibility index (Phi) is 1.68. The molecule has 0 aromatic carbocycles. The molecule has 10 heavy (non-hydrogen) atoms. The molecule has 1 fully saturated rings. The molecule has 58 valence electrons. The number of nitrogens with two attached hydrogens (primary N) is 2.